The maximum Gasteiger partial charge on any atom is 0.161 e. The first kappa shape index (κ1) is 30.9. The van der Waals surface area contributed by atoms with Crippen LogP contribution in [0.3, 0.4) is 0 Å². The topological polar surface area (TPSA) is 43.9 Å². The van der Waals surface area contributed by atoms with Crippen molar-refractivity contribution in [1.29, 1.82) is 0 Å². The van der Waals surface area contributed by atoms with Gasteiger partial charge in [-0.25, -0.2) is 9.97 Å². The number of fused-ring (bicyclic) bond motifs is 10. The van der Waals surface area contributed by atoms with E-state index in [0.717, 1.165) is 72.0 Å². The van der Waals surface area contributed by atoms with E-state index in [0.29, 0.717) is 5.82 Å². The number of aromatic nitrogens is 3. The van der Waals surface area contributed by atoms with E-state index < -0.39 is 0 Å². The summed E-state index contributed by atoms with van der Waals surface area (Å²) in [6.45, 7) is 0. The lowest BCUT2D eigenvalue weighted by Crippen LogP contribution is -1.97. The van der Waals surface area contributed by atoms with Gasteiger partial charge in [0.1, 0.15) is 11.2 Å². The molecule has 0 atom stereocenters. The molecule has 0 spiro atoms. The van der Waals surface area contributed by atoms with Crippen molar-refractivity contribution in [3.8, 4) is 39.6 Å². The van der Waals surface area contributed by atoms with E-state index in [1.807, 2.05) is 6.07 Å². The summed E-state index contributed by atoms with van der Waals surface area (Å²) in [5, 5.41) is 11.6. The molecule has 4 heteroatoms. The lowest BCUT2D eigenvalue weighted by Gasteiger charge is -2.13. The summed E-state index contributed by atoms with van der Waals surface area (Å²) in [5.74, 6) is 0.658. The molecule has 0 amide bonds. The minimum atomic E-state index is 0.658. The second-order valence-electron chi connectivity index (χ2n) is 14.6. The standard InChI is InChI=1S/C52H31N3O/c1-2-14-33(15-3-1)43-30-44(37-26-25-32-13-4-5-16-34(32)27-37)54-52(53-43)41-22-12-24-48-51(41)50-40-21-9-8-19-38(40)47(31-49(50)56-48)55-45-23-11-10-20-39(45)42-28-35-17-6-7-18-36(35)29-46(42)55/h1-31H. The molecule has 4 nitrogen and oxygen atoms in total. The number of furan rings is 1. The van der Waals surface area contributed by atoms with Crippen molar-refractivity contribution in [3.05, 3.63) is 188 Å². The van der Waals surface area contributed by atoms with Crippen LogP contribution in [-0.4, -0.2) is 14.5 Å². The summed E-state index contributed by atoms with van der Waals surface area (Å²) in [7, 11) is 0. The van der Waals surface area contributed by atoms with Gasteiger partial charge in [0.15, 0.2) is 5.82 Å². The third-order valence-corrected chi connectivity index (χ3v) is 11.3. The molecule has 3 aromatic heterocycles. The number of para-hydroxylation sites is 1. The van der Waals surface area contributed by atoms with Crippen molar-refractivity contribution in [2.24, 2.45) is 0 Å². The average molecular weight is 714 g/mol. The number of hydrogen-bond donors (Lipinski definition) is 0. The molecule has 0 aliphatic carbocycles. The van der Waals surface area contributed by atoms with Crippen LogP contribution in [0.1, 0.15) is 0 Å². The first-order valence-corrected chi connectivity index (χ1v) is 19.0. The molecule has 0 bridgehead atoms. The van der Waals surface area contributed by atoms with Gasteiger partial charge in [-0.05, 0) is 63.3 Å². The largest absolute Gasteiger partial charge is 0.456 e. The minimum Gasteiger partial charge on any atom is -0.456 e. The molecular weight excluding hydrogens is 683 g/mol. The zero-order chi connectivity index (χ0) is 36.7. The second kappa shape index (κ2) is 12.0. The Morgan fingerprint density at radius 3 is 1.86 bits per heavy atom. The highest BCUT2D eigenvalue weighted by molar-refractivity contribution is 6.25. The zero-order valence-electron chi connectivity index (χ0n) is 30.1. The fraction of sp³-hybridized carbons (Fsp3) is 0. The van der Waals surface area contributed by atoms with E-state index in [9.17, 15) is 0 Å². The van der Waals surface area contributed by atoms with Crippen LogP contribution < -0.4 is 0 Å². The Balaban J connectivity index is 1.14. The predicted molar refractivity (Wildman–Crippen MR) is 232 cm³/mol. The summed E-state index contributed by atoms with van der Waals surface area (Å²) in [6.07, 6.45) is 0. The van der Waals surface area contributed by atoms with Gasteiger partial charge in [0.2, 0.25) is 0 Å². The number of hydrogen-bond acceptors (Lipinski definition) is 3. The molecule has 56 heavy (non-hydrogen) atoms. The van der Waals surface area contributed by atoms with Gasteiger partial charge >= 0.3 is 0 Å². The van der Waals surface area contributed by atoms with Crippen molar-refractivity contribution in [3.63, 3.8) is 0 Å². The smallest absolute Gasteiger partial charge is 0.161 e. The Labute approximate surface area is 321 Å². The lowest BCUT2D eigenvalue weighted by molar-refractivity contribution is 0.669. The lowest BCUT2D eigenvalue weighted by atomic mass is 9.98. The van der Waals surface area contributed by atoms with Crippen molar-refractivity contribution in [2.45, 2.75) is 0 Å². The molecule has 260 valence electrons. The van der Waals surface area contributed by atoms with Crippen LogP contribution in [0.2, 0.25) is 0 Å². The Bertz CT molecular complexity index is 3540. The van der Waals surface area contributed by atoms with Gasteiger partial charge in [-0.2, -0.15) is 0 Å². The Kier molecular flexibility index (Phi) is 6.60. The fourth-order valence-electron chi connectivity index (χ4n) is 8.77. The minimum absolute atomic E-state index is 0.658. The quantitative estimate of drug-likeness (QED) is 0.182. The normalized spacial score (nSPS) is 11.9. The van der Waals surface area contributed by atoms with Crippen LogP contribution in [-0.2, 0) is 0 Å². The van der Waals surface area contributed by atoms with Gasteiger partial charge < -0.3 is 8.98 Å². The van der Waals surface area contributed by atoms with Gasteiger partial charge in [0.25, 0.3) is 0 Å². The second-order valence-corrected chi connectivity index (χ2v) is 14.6. The number of nitrogens with zero attached hydrogens (tertiary/aromatic N) is 3. The molecule has 12 rings (SSSR count). The Morgan fingerprint density at radius 1 is 0.375 bits per heavy atom. The summed E-state index contributed by atoms with van der Waals surface area (Å²) in [4.78, 5) is 10.6. The Morgan fingerprint density at radius 2 is 1.04 bits per heavy atom. The van der Waals surface area contributed by atoms with Crippen LogP contribution in [0.15, 0.2) is 192 Å². The van der Waals surface area contributed by atoms with E-state index in [-0.39, 0.29) is 0 Å². The van der Waals surface area contributed by atoms with Crippen LogP contribution in [0.4, 0.5) is 0 Å². The highest BCUT2D eigenvalue weighted by Crippen LogP contribution is 2.44. The van der Waals surface area contributed by atoms with E-state index in [1.165, 1.54) is 37.8 Å². The predicted octanol–water partition coefficient (Wildman–Crippen LogP) is 13.9. The molecule has 0 aliphatic rings. The van der Waals surface area contributed by atoms with Crippen LogP contribution >= 0.6 is 0 Å². The molecule has 3 heterocycles. The zero-order valence-corrected chi connectivity index (χ0v) is 30.1. The molecule has 0 fully saturated rings. The summed E-state index contributed by atoms with van der Waals surface area (Å²) in [5.41, 5.74) is 9.78. The van der Waals surface area contributed by atoms with Crippen molar-refractivity contribution < 1.29 is 4.42 Å². The van der Waals surface area contributed by atoms with Gasteiger partial charge in [-0.3, -0.25) is 0 Å². The summed E-state index contributed by atoms with van der Waals surface area (Å²) >= 11 is 0. The third-order valence-electron chi connectivity index (χ3n) is 11.3. The molecule has 12 aromatic rings. The van der Waals surface area contributed by atoms with Gasteiger partial charge in [0, 0.05) is 49.7 Å². The van der Waals surface area contributed by atoms with E-state index in [2.05, 4.69) is 187 Å². The molecule has 0 radical (unpaired) electrons. The fourth-order valence-corrected chi connectivity index (χ4v) is 8.77. The van der Waals surface area contributed by atoms with Gasteiger partial charge in [0.05, 0.1) is 28.1 Å². The van der Waals surface area contributed by atoms with Crippen LogP contribution in [0.25, 0.3) is 116 Å². The van der Waals surface area contributed by atoms with Gasteiger partial charge in [-0.1, -0.05) is 146 Å². The highest BCUT2D eigenvalue weighted by atomic mass is 16.3. The SMILES string of the molecule is c1ccc(-c2cc(-c3ccc4ccccc4c3)nc(-c3cccc4oc5cc(-n6c7ccccc7c7cc8ccccc8cc76)c6ccccc6c5c34)n2)cc1. The molecule has 0 saturated heterocycles. The van der Waals surface area contributed by atoms with Crippen molar-refractivity contribution in [1.82, 2.24) is 14.5 Å². The molecular formula is C52H31N3O. The third kappa shape index (κ3) is 4.66. The molecule has 0 N–H and O–H groups in total. The highest BCUT2D eigenvalue weighted by Gasteiger charge is 2.22. The molecule has 0 aliphatic heterocycles. The number of rotatable bonds is 4. The van der Waals surface area contributed by atoms with E-state index >= 15 is 0 Å². The van der Waals surface area contributed by atoms with Crippen LogP contribution in [0, 0.1) is 0 Å². The first-order chi connectivity index (χ1) is 27.7. The maximum atomic E-state index is 6.86. The molecule has 0 unspecified atom stereocenters. The molecule has 9 aromatic carbocycles. The van der Waals surface area contributed by atoms with Crippen LogP contribution in [0.5, 0.6) is 0 Å². The average Bonchev–Trinajstić information content (AvgIpc) is 3.80. The summed E-state index contributed by atoms with van der Waals surface area (Å²) in [6, 6.07) is 66.6. The Hall–Kier alpha value is -7.56. The molecule has 0 saturated carbocycles. The maximum absolute atomic E-state index is 6.86. The van der Waals surface area contributed by atoms with Crippen molar-refractivity contribution in [2.75, 3.05) is 0 Å². The monoisotopic (exact) mass is 713 g/mol. The van der Waals surface area contributed by atoms with Gasteiger partial charge in [-0.15, -0.1) is 0 Å². The number of benzene rings is 9. The summed E-state index contributed by atoms with van der Waals surface area (Å²) < 4.78 is 9.28. The van der Waals surface area contributed by atoms with E-state index in [4.69, 9.17) is 14.4 Å². The first-order valence-electron chi connectivity index (χ1n) is 19.0. The van der Waals surface area contributed by atoms with E-state index in [1.54, 1.807) is 0 Å². The van der Waals surface area contributed by atoms with Crippen molar-refractivity contribution >= 4 is 76.1 Å².